The summed E-state index contributed by atoms with van der Waals surface area (Å²) in [5.74, 6) is 0.853. The fourth-order valence-electron chi connectivity index (χ4n) is 2.91. The minimum absolute atomic E-state index is 0.181. The molecular formula is C25H26N2O2S. The van der Waals surface area contributed by atoms with Crippen molar-refractivity contribution in [3.8, 4) is 0 Å². The van der Waals surface area contributed by atoms with Crippen molar-refractivity contribution >= 4 is 23.6 Å². The standard InChI is InChI=1S/C25H26N2O2S/c1-19-12-14-22(15-13-19)24(28)27-23(18-30-17-21-10-6-3-7-11-21)25(29)26-16-20-8-4-2-5-9-20/h2-15,23H,16-18H2,1H3,(H,26,29)(H,27,28). The Balaban J connectivity index is 1.62. The molecule has 4 nitrogen and oxygen atoms in total. The van der Waals surface area contributed by atoms with Crippen LogP contribution in [0.15, 0.2) is 84.9 Å². The Morgan fingerprint density at radius 1 is 0.833 bits per heavy atom. The van der Waals surface area contributed by atoms with Gasteiger partial charge in [0.25, 0.3) is 5.91 Å². The first-order valence-corrected chi connectivity index (χ1v) is 11.1. The topological polar surface area (TPSA) is 58.2 Å². The summed E-state index contributed by atoms with van der Waals surface area (Å²) in [5.41, 5.74) is 3.85. The number of aryl methyl sites for hydroxylation is 1. The number of hydrogen-bond donors (Lipinski definition) is 2. The Bertz CT molecular complexity index is 944. The lowest BCUT2D eigenvalue weighted by molar-refractivity contribution is -0.122. The van der Waals surface area contributed by atoms with Gasteiger partial charge in [-0.05, 0) is 30.2 Å². The Labute approximate surface area is 182 Å². The molecule has 1 atom stereocenters. The molecule has 5 heteroatoms. The van der Waals surface area contributed by atoms with E-state index < -0.39 is 6.04 Å². The smallest absolute Gasteiger partial charge is 0.251 e. The van der Waals surface area contributed by atoms with Crippen molar-refractivity contribution in [1.29, 1.82) is 0 Å². The second-order valence-corrected chi connectivity index (χ2v) is 8.13. The number of thioether (sulfide) groups is 1. The largest absolute Gasteiger partial charge is 0.350 e. The molecule has 154 valence electrons. The lowest BCUT2D eigenvalue weighted by Gasteiger charge is -2.18. The first kappa shape index (κ1) is 21.7. The molecular weight excluding hydrogens is 392 g/mol. The van der Waals surface area contributed by atoms with Gasteiger partial charge in [-0.15, -0.1) is 0 Å². The lowest BCUT2D eigenvalue weighted by atomic mass is 10.1. The number of hydrogen-bond acceptors (Lipinski definition) is 3. The highest BCUT2D eigenvalue weighted by atomic mass is 32.2. The van der Waals surface area contributed by atoms with Crippen LogP contribution in [-0.4, -0.2) is 23.6 Å². The van der Waals surface area contributed by atoms with E-state index in [1.54, 1.807) is 23.9 Å². The van der Waals surface area contributed by atoms with Gasteiger partial charge in [-0.1, -0.05) is 78.4 Å². The van der Waals surface area contributed by atoms with Gasteiger partial charge in [0.05, 0.1) is 0 Å². The molecule has 3 rings (SSSR count). The predicted octanol–water partition coefficient (Wildman–Crippen LogP) is 4.34. The van der Waals surface area contributed by atoms with Crippen LogP contribution in [0.2, 0.25) is 0 Å². The molecule has 0 aliphatic carbocycles. The second kappa shape index (κ2) is 11.2. The van der Waals surface area contributed by atoms with Gasteiger partial charge in [-0.25, -0.2) is 0 Å². The van der Waals surface area contributed by atoms with Crippen LogP contribution < -0.4 is 10.6 Å². The third-order valence-electron chi connectivity index (χ3n) is 4.64. The van der Waals surface area contributed by atoms with Gasteiger partial charge in [0.1, 0.15) is 6.04 Å². The van der Waals surface area contributed by atoms with Crippen molar-refractivity contribution in [3.05, 3.63) is 107 Å². The molecule has 0 radical (unpaired) electrons. The SMILES string of the molecule is Cc1ccc(C(=O)NC(CSCc2ccccc2)C(=O)NCc2ccccc2)cc1. The summed E-state index contributed by atoms with van der Waals surface area (Å²) in [5, 5.41) is 5.85. The zero-order valence-corrected chi connectivity index (χ0v) is 17.8. The van der Waals surface area contributed by atoms with Crippen molar-refractivity contribution in [2.75, 3.05) is 5.75 Å². The predicted molar refractivity (Wildman–Crippen MR) is 123 cm³/mol. The van der Waals surface area contributed by atoms with Gasteiger partial charge in [0, 0.05) is 23.6 Å². The molecule has 0 aromatic heterocycles. The Hall–Kier alpha value is -3.05. The quantitative estimate of drug-likeness (QED) is 0.543. The average Bonchev–Trinajstić information content (AvgIpc) is 2.78. The van der Waals surface area contributed by atoms with E-state index in [1.807, 2.05) is 67.6 Å². The molecule has 0 heterocycles. The van der Waals surface area contributed by atoms with Gasteiger partial charge in [0.2, 0.25) is 5.91 Å². The highest BCUT2D eigenvalue weighted by Gasteiger charge is 2.21. The maximum atomic E-state index is 12.8. The monoisotopic (exact) mass is 418 g/mol. The van der Waals surface area contributed by atoms with Gasteiger partial charge in [0.15, 0.2) is 0 Å². The summed E-state index contributed by atoms with van der Waals surface area (Å²) in [6.07, 6.45) is 0. The number of carbonyl (C=O) groups is 2. The molecule has 0 saturated heterocycles. The van der Waals surface area contributed by atoms with Crippen LogP contribution in [0.3, 0.4) is 0 Å². The summed E-state index contributed by atoms with van der Waals surface area (Å²) in [4.78, 5) is 25.5. The van der Waals surface area contributed by atoms with E-state index in [9.17, 15) is 9.59 Å². The Morgan fingerprint density at radius 3 is 2.07 bits per heavy atom. The molecule has 2 N–H and O–H groups in total. The average molecular weight is 419 g/mol. The van der Waals surface area contributed by atoms with Crippen LogP contribution in [0.4, 0.5) is 0 Å². The second-order valence-electron chi connectivity index (χ2n) is 7.10. The van der Waals surface area contributed by atoms with Crippen molar-refractivity contribution in [2.24, 2.45) is 0 Å². The summed E-state index contributed by atoms with van der Waals surface area (Å²) < 4.78 is 0. The third-order valence-corrected chi connectivity index (χ3v) is 5.75. The van der Waals surface area contributed by atoms with E-state index in [2.05, 4.69) is 22.8 Å². The maximum absolute atomic E-state index is 12.8. The summed E-state index contributed by atoms with van der Waals surface area (Å²) in [7, 11) is 0. The van der Waals surface area contributed by atoms with Crippen molar-refractivity contribution in [3.63, 3.8) is 0 Å². The summed E-state index contributed by atoms with van der Waals surface area (Å²) in [6, 6.07) is 26.6. The fourth-order valence-corrected chi connectivity index (χ4v) is 3.92. The zero-order valence-electron chi connectivity index (χ0n) is 17.0. The van der Waals surface area contributed by atoms with E-state index in [1.165, 1.54) is 5.56 Å². The van der Waals surface area contributed by atoms with Crippen molar-refractivity contribution in [2.45, 2.75) is 25.3 Å². The maximum Gasteiger partial charge on any atom is 0.251 e. The molecule has 0 aliphatic rings. The number of carbonyl (C=O) groups excluding carboxylic acids is 2. The van der Waals surface area contributed by atoms with Crippen molar-refractivity contribution < 1.29 is 9.59 Å². The molecule has 0 aliphatic heterocycles. The molecule has 3 aromatic rings. The van der Waals surface area contributed by atoms with E-state index >= 15 is 0 Å². The molecule has 2 amide bonds. The summed E-state index contributed by atoms with van der Waals surface area (Å²) >= 11 is 1.63. The van der Waals surface area contributed by atoms with Crippen LogP contribution in [0.1, 0.15) is 27.0 Å². The van der Waals surface area contributed by atoms with Crippen LogP contribution in [-0.2, 0) is 17.1 Å². The molecule has 0 bridgehead atoms. The number of nitrogens with one attached hydrogen (secondary N) is 2. The molecule has 0 fully saturated rings. The molecule has 3 aromatic carbocycles. The minimum Gasteiger partial charge on any atom is -0.350 e. The highest BCUT2D eigenvalue weighted by Crippen LogP contribution is 2.14. The normalized spacial score (nSPS) is 11.5. The zero-order chi connectivity index (χ0) is 21.2. The highest BCUT2D eigenvalue weighted by molar-refractivity contribution is 7.98. The lowest BCUT2D eigenvalue weighted by Crippen LogP contribution is -2.48. The van der Waals surface area contributed by atoms with Gasteiger partial charge < -0.3 is 10.6 Å². The molecule has 1 unspecified atom stereocenters. The van der Waals surface area contributed by atoms with E-state index in [4.69, 9.17) is 0 Å². The van der Waals surface area contributed by atoms with Crippen LogP contribution in [0.5, 0.6) is 0 Å². The first-order chi connectivity index (χ1) is 14.6. The van der Waals surface area contributed by atoms with E-state index in [0.717, 1.165) is 16.9 Å². The Morgan fingerprint density at radius 2 is 1.43 bits per heavy atom. The molecule has 30 heavy (non-hydrogen) atoms. The first-order valence-electron chi connectivity index (χ1n) is 9.92. The van der Waals surface area contributed by atoms with E-state index in [0.29, 0.717) is 17.9 Å². The molecule has 0 spiro atoms. The van der Waals surface area contributed by atoms with E-state index in [-0.39, 0.29) is 11.8 Å². The van der Waals surface area contributed by atoms with Crippen LogP contribution in [0, 0.1) is 6.92 Å². The van der Waals surface area contributed by atoms with Gasteiger partial charge in [-0.2, -0.15) is 11.8 Å². The Kier molecular flexibility index (Phi) is 8.10. The van der Waals surface area contributed by atoms with Gasteiger partial charge in [-0.3, -0.25) is 9.59 Å². The van der Waals surface area contributed by atoms with Crippen LogP contribution in [0.25, 0.3) is 0 Å². The minimum atomic E-state index is -0.615. The fraction of sp³-hybridized carbons (Fsp3) is 0.200. The van der Waals surface area contributed by atoms with Crippen molar-refractivity contribution in [1.82, 2.24) is 10.6 Å². The summed E-state index contributed by atoms with van der Waals surface area (Å²) in [6.45, 7) is 2.40. The number of rotatable bonds is 9. The molecule has 0 saturated carbocycles. The third kappa shape index (κ3) is 6.78. The number of benzene rings is 3. The van der Waals surface area contributed by atoms with Crippen LogP contribution >= 0.6 is 11.8 Å². The number of amides is 2. The van der Waals surface area contributed by atoms with Gasteiger partial charge >= 0.3 is 0 Å².